The van der Waals surface area contributed by atoms with E-state index in [9.17, 15) is 4.79 Å². The second-order valence-corrected chi connectivity index (χ2v) is 2.10. The summed E-state index contributed by atoms with van der Waals surface area (Å²) in [6.07, 6.45) is 1.09. The molecule has 0 bridgehead atoms. The molecule has 0 aromatic rings. The van der Waals surface area contributed by atoms with Crippen LogP contribution in [0.25, 0.3) is 0 Å². The monoisotopic (exact) mass is 145 g/mol. The number of hydrogen-bond donors (Lipinski definition) is 0. The highest BCUT2D eigenvalue weighted by Crippen LogP contribution is 1.89. The molecule has 0 heterocycles. The minimum atomic E-state index is 0.424. The second-order valence-electron chi connectivity index (χ2n) is 2.10. The molecule has 0 aliphatic carbocycles. The van der Waals surface area contributed by atoms with E-state index >= 15 is 0 Å². The van der Waals surface area contributed by atoms with Gasteiger partial charge in [-0.25, -0.2) is 0 Å². The summed E-state index contributed by atoms with van der Waals surface area (Å²) in [5.41, 5.74) is 0. The Balaban J connectivity index is 3.29. The quantitative estimate of drug-likeness (QED) is 0.410. The maximum absolute atomic E-state index is 9.78. The summed E-state index contributed by atoms with van der Waals surface area (Å²) in [5, 5.41) is 0. The average molecular weight is 145 g/mol. The van der Waals surface area contributed by atoms with Gasteiger partial charge >= 0.3 is 0 Å². The van der Waals surface area contributed by atoms with Gasteiger partial charge in [0.2, 0.25) is 0 Å². The molecule has 0 aliphatic rings. The summed E-state index contributed by atoms with van der Waals surface area (Å²) in [5.74, 6) is 0. The molecule has 0 radical (unpaired) electrons. The Labute approximate surface area is 62.0 Å². The molecule has 3 heteroatoms. The van der Waals surface area contributed by atoms with Crippen molar-refractivity contribution >= 4 is 6.47 Å². The minimum absolute atomic E-state index is 0.424. The van der Waals surface area contributed by atoms with E-state index < -0.39 is 0 Å². The summed E-state index contributed by atoms with van der Waals surface area (Å²) < 4.78 is 4.58. The largest absolute Gasteiger partial charge is 0.452 e. The average Bonchev–Trinajstić information content (AvgIpc) is 1.98. The first-order chi connectivity index (χ1) is 4.85. The van der Waals surface area contributed by atoms with Gasteiger partial charge < -0.3 is 4.74 Å². The number of carbonyl (C=O) groups excluding carboxylic acids is 1. The van der Waals surface area contributed by atoms with Crippen LogP contribution in [-0.4, -0.2) is 31.2 Å². The molecule has 0 atom stereocenters. The lowest BCUT2D eigenvalue weighted by Gasteiger charge is -2.16. The van der Waals surface area contributed by atoms with Crippen LogP contribution in [0.2, 0.25) is 0 Å². The molecule has 0 aromatic carbocycles. The number of nitrogens with zero attached hydrogens (tertiary/aromatic N) is 1. The number of hydrogen-bond acceptors (Lipinski definition) is 3. The molecule has 0 N–H and O–H groups in total. The highest BCUT2D eigenvalue weighted by Gasteiger charge is 1.97. The fourth-order valence-electron chi connectivity index (χ4n) is 0.766. The Bertz CT molecular complexity index is 85.7. The Morgan fingerprint density at radius 3 is 2.60 bits per heavy atom. The van der Waals surface area contributed by atoms with Crippen molar-refractivity contribution in [3.05, 3.63) is 0 Å². The third-order valence-electron chi connectivity index (χ3n) is 1.31. The van der Waals surface area contributed by atoms with Crippen LogP contribution < -0.4 is 0 Å². The Morgan fingerprint density at radius 2 is 2.20 bits per heavy atom. The van der Waals surface area contributed by atoms with E-state index in [1.54, 1.807) is 0 Å². The molecule has 0 fully saturated rings. The molecule has 0 spiro atoms. The maximum Gasteiger partial charge on any atom is 0.294 e. The van der Waals surface area contributed by atoms with Crippen LogP contribution >= 0.6 is 0 Å². The van der Waals surface area contributed by atoms with Gasteiger partial charge in [-0.15, -0.1) is 0 Å². The molecular formula is C7H15NO2. The molecule has 0 saturated carbocycles. The van der Waals surface area contributed by atoms with Gasteiger partial charge in [-0.05, 0) is 13.0 Å². The van der Waals surface area contributed by atoms with Crippen molar-refractivity contribution in [3.63, 3.8) is 0 Å². The first kappa shape index (κ1) is 9.43. The summed E-state index contributed by atoms with van der Waals surface area (Å²) in [6, 6.07) is 0. The second kappa shape index (κ2) is 6.55. The van der Waals surface area contributed by atoms with E-state index in [4.69, 9.17) is 0 Å². The van der Waals surface area contributed by atoms with Gasteiger partial charge in [-0.2, -0.15) is 0 Å². The summed E-state index contributed by atoms with van der Waals surface area (Å²) >= 11 is 0. The smallest absolute Gasteiger partial charge is 0.294 e. The predicted octanol–water partition coefficient (Wildman–Crippen LogP) is 0.849. The molecule has 0 saturated heterocycles. The van der Waals surface area contributed by atoms with Crippen molar-refractivity contribution in [1.82, 2.24) is 4.90 Å². The lowest BCUT2D eigenvalue weighted by atomic mass is 10.4. The van der Waals surface area contributed by atoms with Crippen molar-refractivity contribution in [1.29, 1.82) is 0 Å². The van der Waals surface area contributed by atoms with Gasteiger partial charge in [-0.1, -0.05) is 13.8 Å². The highest BCUT2D eigenvalue weighted by molar-refractivity contribution is 5.36. The summed E-state index contributed by atoms with van der Waals surface area (Å²) in [7, 11) is 0. The summed E-state index contributed by atoms with van der Waals surface area (Å²) in [6.45, 7) is 6.98. The zero-order valence-corrected chi connectivity index (χ0v) is 6.67. The van der Waals surface area contributed by atoms with Crippen LogP contribution in [0.3, 0.4) is 0 Å². The Hall–Kier alpha value is -0.570. The Kier molecular flexibility index (Phi) is 6.18. The van der Waals surface area contributed by atoms with Crippen LogP contribution in [0.15, 0.2) is 0 Å². The predicted molar refractivity (Wildman–Crippen MR) is 39.6 cm³/mol. The van der Waals surface area contributed by atoms with Gasteiger partial charge in [0.1, 0.15) is 6.73 Å². The van der Waals surface area contributed by atoms with Crippen molar-refractivity contribution < 1.29 is 9.53 Å². The first-order valence-electron chi connectivity index (χ1n) is 3.62. The molecular weight excluding hydrogens is 130 g/mol. The third-order valence-corrected chi connectivity index (χ3v) is 1.31. The zero-order valence-electron chi connectivity index (χ0n) is 6.67. The number of ether oxygens (including phenoxy) is 1. The molecule has 3 nitrogen and oxygen atoms in total. The topological polar surface area (TPSA) is 29.5 Å². The van der Waals surface area contributed by atoms with Crippen LogP contribution in [-0.2, 0) is 9.53 Å². The van der Waals surface area contributed by atoms with Crippen LogP contribution in [0.1, 0.15) is 20.3 Å². The van der Waals surface area contributed by atoms with Crippen molar-refractivity contribution in [2.75, 3.05) is 19.8 Å². The summed E-state index contributed by atoms with van der Waals surface area (Å²) in [4.78, 5) is 11.8. The minimum Gasteiger partial charge on any atom is -0.452 e. The van der Waals surface area contributed by atoms with E-state index in [-0.39, 0.29) is 0 Å². The van der Waals surface area contributed by atoms with E-state index in [1.165, 1.54) is 0 Å². The molecule has 0 aliphatic heterocycles. The standard InChI is InChI=1S/C7H15NO2/c1-3-5-8(4-2)6-10-7-9/h7H,3-6H2,1-2H3. The first-order valence-corrected chi connectivity index (χ1v) is 3.62. The Morgan fingerprint density at radius 1 is 1.50 bits per heavy atom. The molecule has 0 aromatic heterocycles. The van der Waals surface area contributed by atoms with Gasteiger partial charge in [0.05, 0.1) is 0 Å². The van der Waals surface area contributed by atoms with Gasteiger partial charge in [0.25, 0.3) is 6.47 Å². The van der Waals surface area contributed by atoms with Crippen LogP contribution in [0.5, 0.6) is 0 Å². The normalized spacial score (nSPS) is 9.90. The van der Waals surface area contributed by atoms with Crippen molar-refractivity contribution in [3.8, 4) is 0 Å². The van der Waals surface area contributed by atoms with Gasteiger partial charge in [0.15, 0.2) is 0 Å². The van der Waals surface area contributed by atoms with Gasteiger partial charge in [-0.3, -0.25) is 9.69 Å². The molecule has 0 amide bonds. The van der Waals surface area contributed by atoms with E-state index in [0.29, 0.717) is 13.2 Å². The van der Waals surface area contributed by atoms with Gasteiger partial charge in [0, 0.05) is 6.54 Å². The highest BCUT2D eigenvalue weighted by atomic mass is 16.5. The molecule has 0 unspecified atom stereocenters. The van der Waals surface area contributed by atoms with Crippen LogP contribution in [0, 0.1) is 0 Å². The van der Waals surface area contributed by atoms with E-state index in [1.807, 2.05) is 6.92 Å². The lowest BCUT2D eigenvalue weighted by molar-refractivity contribution is -0.133. The molecule has 10 heavy (non-hydrogen) atoms. The molecule has 0 rings (SSSR count). The van der Waals surface area contributed by atoms with Crippen molar-refractivity contribution in [2.45, 2.75) is 20.3 Å². The lowest BCUT2D eigenvalue weighted by Crippen LogP contribution is -2.26. The third kappa shape index (κ3) is 4.32. The number of rotatable bonds is 6. The van der Waals surface area contributed by atoms with E-state index in [0.717, 1.165) is 19.5 Å². The van der Waals surface area contributed by atoms with Crippen molar-refractivity contribution in [2.24, 2.45) is 0 Å². The fraction of sp³-hybridized carbons (Fsp3) is 0.857. The van der Waals surface area contributed by atoms with E-state index in [2.05, 4.69) is 16.6 Å². The molecule has 60 valence electrons. The number of carbonyl (C=O) groups is 1. The zero-order chi connectivity index (χ0) is 7.82. The maximum atomic E-state index is 9.78. The van der Waals surface area contributed by atoms with Crippen LogP contribution in [0.4, 0.5) is 0 Å². The SMILES string of the molecule is CCCN(CC)COC=O. The fourth-order valence-corrected chi connectivity index (χ4v) is 0.766.